The molecular formula is C11H14N2O. The van der Waals surface area contributed by atoms with Crippen molar-refractivity contribution in [3.05, 3.63) is 35.9 Å². The highest BCUT2D eigenvalue weighted by Gasteiger charge is 2.53. The fourth-order valence-electron chi connectivity index (χ4n) is 1.97. The van der Waals surface area contributed by atoms with Crippen LogP contribution in [-0.4, -0.2) is 23.9 Å². The maximum atomic E-state index is 11.4. The second kappa shape index (κ2) is 2.82. The molecule has 1 aliphatic heterocycles. The number of likely N-dealkylation sites (N-methyl/N-ethyl adjacent to an activating group) is 1. The van der Waals surface area contributed by atoms with Crippen LogP contribution in [0.4, 0.5) is 0 Å². The fraction of sp³-hybridized carbons (Fsp3) is 0.364. The number of rotatable bonds is 1. The van der Waals surface area contributed by atoms with Gasteiger partial charge in [-0.25, -0.2) is 0 Å². The van der Waals surface area contributed by atoms with E-state index in [4.69, 9.17) is 5.73 Å². The second-order valence-corrected chi connectivity index (χ2v) is 3.89. The van der Waals surface area contributed by atoms with Crippen LogP contribution in [0.15, 0.2) is 30.3 Å². The number of carbonyl (C=O) groups is 1. The van der Waals surface area contributed by atoms with Gasteiger partial charge >= 0.3 is 0 Å². The monoisotopic (exact) mass is 190 g/mol. The average molecular weight is 190 g/mol. The van der Waals surface area contributed by atoms with Gasteiger partial charge < -0.3 is 10.6 Å². The highest BCUT2D eigenvalue weighted by Crippen LogP contribution is 2.38. The quantitative estimate of drug-likeness (QED) is 0.663. The first kappa shape index (κ1) is 9.21. The molecule has 0 spiro atoms. The van der Waals surface area contributed by atoms with Gasteiger partial charge in [0.1, 0.15) is 6.04 Å². The van der Waals surface area contributed by atoms with E-state index in [9.17, 15) is 4.79 Å². The topological polar surface area (TPSA) is 46.3 Å². The van der Waals surface area contributed by atoms with Crippen LogP contribution in [0.25, 0.3) is 0 Å². The van der Waals surface area contributed by atoms with Crippen LogP contribution < -0.4 is 5.73 Å². The molecule has 1 heterocycles. The maximum Gasteiger partial charge on any atom is 0.242 e. The van der Waals surface area contributed by atoms with Gasteiger partial charge in [-0.2, -0.15) is 0 Å². The summed E-state index contributed by atoms with van der Waals surface area (Å²) in [7, 11) is 1.79. The molecule has 0 saturated carbocycles. The van der Waals surface area contributed by atoms with E-state index in [1.807, 2.05) is 37.3 Å². The number of hydrogen-bond donors (Lipinski definition) is 1. The van der Waals surface area contributed by atoms with Gasteiger partial charge in [-0.1, -0.05) is 30.3 Å². The summed E-state index contributed by atoms with van der Waals surface area (Å²) in [5.74, 6) is 0.0105. The summed E-state index contributed by atoms with van der Waals surface area (Å²) in [4.78, 5) is 13.1. The summed E-state index contributed by atoms with van der Waals surface area (Å²) in [6, 6.07) is 9.48. The molecule has 1 amide bonds. The van der Waals surface area contributed by atoms with E-state index in [2.05, 4.69) is 0 Å². The highest BCUT2D eigenvalue weighted by atomic mass is 16.2. The van der Waals surface area contributed by atoms with Crippen LogP contribution in [0.1, 0.15) is 12.5 Å². The molecule has 2 atom stereocenters. The zero-order chi connectivity index (χ0) is 10.3. The van der Waals surface area contributed by atoms with Gasteiger partial charge in [0, 0.05) is 7.05 Å². The second-order valence-electron chi connectivity index (χ2n) is 3.89. The third-order valence-corrected chi connectivity index (χ3v) is 3.26. The summed E-state index contributed by atoms with van der Waals surface area (Å²) in [6.45, 7) is 1.99. The molecule has 0 unspecified atom stereocenters. The third-order valence-electron chi connectivity index (χ3n) is 3.26. The van der Waals surface area contributed by atoms with Crippen LogP contribution in [0.5, 0.6) is 0 Å². The van der Waals surface area contributed by atoms with Crippen LogP contribution >= 0.6 is 0 Å². The molecule has 0 aromatic heterocycles. The lowest BCUT2D eigenvalue weighted by Gasteiger charge is -2.53. The van der Waals surface area contributed by atoms with Crippen molar-refractivity contribution in [2.24, 2.45) is 5.73 Å². The molecule has 1 saturated heterocycles. The van der Waals surface area contributed by atoms with Crippen molar-refractivity contribution < 1.29 is 4.79 Å². The van der Waals surface area contributed by atoms with Crippen molar-refractivity contribution in [1.29, 1.82) is 0 Å². The molecule has 0 radical (unpaired) electrons. The number of carbonyl (C=O) groups excluding carboxylic acids is 1. The zero-order valence-corrected chi connectivity index (χ0v) is 8.40. The molecule has 0 bridgehead atoms. The van der Waals surface area contributed by atoms with Crippen molar-refractivity contribution in [2.45, 2.75) is 18.5 Å². The van der Waals surface area contributed by atoms with Crippen molar-refractivity contribution in [3.63, 3.8) is 0 Å². The lowest BCUT2D eigenvalue weighted by molar-refractivity contribution is -0.157. The Morgan fingerprint density at radius 3 is 2.43 bits per heavy atom. The van der Waals surface area contributed by atoms with Crippen molar-refractivity contribution >= 4 is 5.91 Å². The molecule has 2 N–H and O–H groups in total. The SMILES string of the molecule is CN1C(=O)[C@@H](N)[C@]1(C)c1ccccc1. The molecule has 14 heavy (non-hydrogen) atoms. The summed E-state index contributed by atoms with van der Waals surface area (Å²) < 4.78 is 0. The van der Waals surface area contributed by atoms with Crippen LogP contribution in [0.3, 0.4) is 0 Å². The third kappa shape index (κ3) is 0.930. The largest absolute Gasteiger partial charge is 0.333 e. The van der Waals surface area contributed by atoms with Crippen molar-refractivity contribution in [2.75, 3.05) is 7.05 Å². The molecule has 2 rings (SSSR count). The molecule has 0 aliphatic carbocycles. The summed E-state index contributed by atoms with van der Waals surface area (Å²) in [5.41, 5.74) is 6.59. The molecular weight excluding hydrogens is 176 g/mol. The predicted octanol–water partition coefficient (Wildman–Crippen LogP) is 0.701. The van der Waals surface area contributed by atoms with E-state index >= 15 is 0 Å². The molecule has 74 valence electrons. The number of nitrogens with two attached hydrogens (primary N) is 1. The summed E-state index contributed by atoms with van der Waals surface area (Å²) in [6.07, 6.45) is 0. The maximum absolute atomic E-state index is 11.4. The molecule has 1 fully saturated rings. The van der Waals surface area contributed by atoms with Crippen molar-refractivity contribution in [3.8, 4) is 0 Å². The molecule has 3 heteroatoms. The van der Waals surface area contributed by atoms with E-state index in [1.54, 1.807) is 11.9 Å². The Morgan fingerprint density at radius 1 is 1.36 bits per heavy atom. The van der Waals surface area contributed by atoms with Gasteiger partial charge in [-0.15, -0.1) is 0 Å². The standard InChI is InChI=1S/C11H14N2O/c1-11(8-6-4-3-5-7-8)9(12)10(14)13(11)2/h3-7,9H,12H2,1-2H3/t9-,11+/m1/s1. The first-order valence-electron chi connectivity index (χ1n) is 4.67. The van der Waals surface area contributed by atoms with E-state index in [-0.39, 0.29) is 11.4 Å². The Balaban J connectivity index is 2.40. The molecule has 1 aromatic rings. The van der Waals surface area contributed by atoms with Gasteiger partial charge in [0.25, 0.3) is 0 Å². The highest BCUT2D eigenvalue weighted by molar-refractivity contribution is 5.91. The fourth-order valence-corrected chi connectivity index (χ4v) is 1.97. The first-order chi connectivity index (χ1) is 6.58. The average Bonchev–Trinajstić information content (AvgIpc) is 2.27. The number of hydrogen-bond acceptors (Lipinski definition) is 2. The Hall–Kier alpha value is -1.35. The lowest BCUT2D eigenvalue weighted by atomic mass is 9.76. The minimum atomic E-state index is -0.408. The minimum absolute atomic E-state index is 0.0105. The van der Waals surface area contributed by atoms with Gasteiger partial charge in [0.05, 0.1) is 5.54 Å². The van der Waals surface area contributed by atoms with Crippen LogP contribution in [0.2, 0.25) is 0 Å². The van der Waals surface area contributed by atoms with Crippen molar-refractivity contribution in [1.82, 2.24) is 4.90 Å². The van der Waals surface area contributed by atoms with E-state index in [0.717, 1.165) is 5.56 Å². The molecule has 3 nitrogen and oxygen atoms in total. The number of β-lactam (4-membered cyclic amide) rings is 1. The molecule has 1 aliphatic rings. The predicted molar refractivity (Wildman–Crippen MR) is 54.5 cm³/mol. The number of benzene rings is 1. The normalized spacial score (nSPS) is 31.5. The van der Waals surface area contributed by atoms with Gasteiger partial charge in [0.2, 0.25) is 5.91 Å². The number of amides is 1. The Bertz CT molecular complexity index is 349. The van der Waals surface area contributed by atoms with E-state index < -0.39 is 6.04 Å². The first-order valence-corrected chi connectivity index (χ1v) is 4.67. The van der Waals surface area contributed by atoms with Gasteiger partial charge in [0.15, 0.2) is 0 Å². The van der Waals surface area contributed by atoms with E-state index in [0.29, 0.717) is 0 Å². The smallest absolute Gasteiger partial charge is 0.242 e. The number of likely N-dealkylation sites (tertiary alicyclic amines) is 1. The number of nitrogens with zero attached hydrogens (tertiary/aromatic N) is 1. The lowest BCUT2D eigenvalue weighted by Crippen LogP contribution is -2.72. The van der Waals surface area contributed by atoms with Gasteiger partial charge in [-0.05, 0) is 12.5 Å². The molecule has 1 aromatic carbocycles. The summed E-state index contributed by atoms with van der Waals surface area (Å²) >= 11 is 0. The van der Waals surface area contributed by atoms with Gasteiger partial charge in [-0.3, -0.25) is 4.79 Å². The minimum Gasteiger partial charge on any atom is -0.333 e. The van der Waals surface area contributed by atoms with Crippen LogP contribution in [-0.2, 0) is 10.3 Å². The van der Waals surface area contributed by atoms with Crippen LogP contribution in [0, 0.1) is 0 Å². The Labute approximate surface area is 83.5 Å². The Kier molecular flexibility index (Phi) is 1.86. The Morgan fingerprint density at radius 2 is 1.93 bits per heavy atom. The zero-order valence-electron chi connectivity index (χ0n) is 8.40. The summed E-state index contributed by atoms with van der Waals surface area (Å²) in [5, 5.41) is 0. The van der Waals surface area contributed by atoms with E-state index in [1.165, 1.54) is 0 Å².